The number of hydrogen-bond donors (Lipinski definition) is 4. The summed E-state index contributed by atoms with van der Waals surface area (Å²) in [4.78, 5) is 72.6. The van der Waals surface area contributed by atoms with Crippen molar-refractivity contribution in [2.24, 2.45) is 11.8 Å². The number of ether oxygens (including phenoxy) is 4. The number of aromatic amines is 2. The molecule has 0 bridgehead atoms. The maximum absolute atomic E-state index is 14.0. The Morgan fingerprint density at radius 1 is 0.852 bits per heavy atom. The van der Waals surface area contributed by atoms with Gasteiger partial charge in [-0.05, 0) is 91.3 Å². The molecule has 2 fully saturated rings. The molecule has 2 aromatic heterocycles. The van der Waals surface area contributed by atoms with Crippen LogP contribution in [0, 0.1) is 11.8 Å². The van der Waals surface area contributed by atoms with Crippen LogP contribution in [0.4, 0.5) is 9.59 Å². The second-order valence-electron chi connectivity index (χ2n) is 16.9. The predicted molar refractivity (Wildman–Crippen MR) is 227 cm³/mol. The van der Waals surface area contributed by atoms with Crippen molar-refractivity contribution in [3.63, 3.8) is 0 Å². The first-order chi connectivity index (χ1) is 29.3. The van der Waals surface area contributed by atoms with Crippen molar-refractivity contribution in [1.82, 2.24) is 40.4 Å². The smallest absolute Gasteiger partial charge is 0.407 e. The number of carbonyl (C=O) groups is 4. The summed E-state index contributed by atoms with van der Waals surface area (Å²) in [6, 6.07) is 12.3. The zero-order valence-electron chi connectivity index (χ0n) is 35.8. The standard InChI is InChI=1S/C45H54N8O8/c1-22(2)37(50-44(56)59-7)43(55)53-24(4)9-14-34(53)41-47-32-13-11-26-17-31-29-12-10-27(16-28(29)21-61-36(31)18-30(26)39(32)49-41)33-19-46-40(48-33)35-15-23(3)20-52(35)42(54)38(25(5)58-6)51-45(57)60-8/h10-13,16-19,22-25,34-35,37-38H,9,14-15,20-21H2,1-8H3,(H,46,48)(H,47,49)(H,50,56)(H,51,57)/t23-,24-,25?,34-,35?,37-,38?/m0/s1. The summed E-state index contributed by atoms with van der Waals surface area (Å²) >= 11 is 0. The lowest BCUT2D eigenvalue weighted by Crippen LogP contribution is -2.54. The monoisotopic (exact) mass is 834 g/mol. The van der Waals surface area contributed by atoms with Crippen LogP contribution < -0.4 is 15.4 Å². The van der Waals surface area contributed by atoms with Gasteiger partial charge in [0.1, 0.15) is 36.1 Å². The van der Waals surface area contributed by atoms with Crippen LogP contribution in [-0.2, 0) is 30.4 Å². The molecule has 0 saturated carbocycles. The van der Waals surface area contributed by atoms with Crippen molar-refractivity contribution in [1.29, 1.82) is 0 Å². The molecule has 8 rings (SSSR count). The van der Waals surface area contributed by atoms with E-state index in [2.05, 4.69) is 63.9 Å². The summed E-state index contributed by atoms with van der Waals surface area (Å²) in [5.74, 6) is 1.82. The first-order valence-corrected chi connectivity index (χ1v) is 20.9. The zero-order valence-corrected chi connectivity index (χ0v) is 35.8. The summed E-state index contributed by atoms with van der Waals surface area (Å²) in [6.45, 7) is 10.6. The van der Waals surface area contributed by atoms with Crippen molar-refractivity contribution in [2.45, 2.75) is 96.8 Å². The summed E-state index contributed by atoms with van der Waals surface area (Å²) < 4.78 is 21.5. The molecule has 16 heteroatoms. The Balaban J connectivity index is 1.04. The van der Waals surface area contributed by atoms with E-state index in [1.165, 1.54) is 21.3 Å². The highest BCUT2D eigenvalue weighted by atomic mass is 16.5. The van der Waals surface area contributed by atoms with E-state index in [-0.39, 0.29) is 41.8 Å². The second-order valence-corrected chi connectivity index (χ2v) is 16.9. The number of benzene rings is 3. The number of aromatic nitrogens is 4. The minimum atomic E-state index is -0.922. The summed E-state index contributed by atoms with van der Waals surface area (Å²) in [6.07, 6.45) is 2.15. The van der Waals surface area contributed by atoms with E-state index in [4.69, 9.17) is 28.9 Å². The third-order valence-electron chi connectivity index (χ3n) is 12.6. The summed E-state index contributed by atoms with van der Waals surface area (Å²) in [7, 11) is 4.05. The van der Waals surface area contributed by atoms with Crippen LogP contribution in [0.25, 0.3) is 44.2 Å². The molecule has 61 heavy (non-hydrogen) atoms. The molecule has 7 atom stereocenters. The van der Waals surface area contributed by atoms with Crippen molar-refractivity contribution in [2.75, 3.05) is 27.9 Å². The highest BCUT2D eigenvalue weighted by Gasteiger charge is 2.43. The van der Waals surface area contributed by atoms with Gasteiger partial charge in [-0.25, -0.2) is 19.6 Å². The molecular weight excluding hydrogens is 781 g/mol. The van der Waals surface area contributed by atoms with Crippen LogP contribution in [0.5, 0.6) is 5.75 Å². The molecule has 4 amide bonds. The summed E-state index contributed by atoms with van der Waals surface area (Å²) in [5.41, 5.74) is 6.51. The molecule has 0 radical (unpaired) electrons. The molecule has 3 aliphatic heterocycles. The second kappa shape index (κ2) is 16.7. The fourth-order valence-corrected chi connectivity index (χ4v) is 9.20. The molecule has 3 unspecified atom stereocenters. The minimum absolute atomic E-state index is 0.0295. The maximum Gasteiger partial charge on any atom is 0.407 e. The van der Waals surface area contributed by atoms with Gasteiger partial charge in [0.2, 0.25) is 11.8 Å². The van der Waals surface area contributed by atoms with Crippen LogP contribution >= 0.6 is 0 Å². The molecule has 0 aliphatic carbocycles. The number of amides is 4. The Kier molecular flexibility index (Phi) is 11.4. The van der Waals surface area contributed by atoms with Gasteiger partial charge in [-0.3, -0.25) is 9.59 Å². The summed E-state index contributed by atoms with van der Waals surface area (Å²) in [5, 5.41) is 7.37. The minimum Gasteiger partial charge on any atom is -0.488 e. The molecule has 322 valence electrons. The van der Waals surface area contributed by atoms with Gasteiger partial charge in [-0.2, -0.15) is 0 Å². The average Bonchev–Trinajstić information content (AvgIpc) is 4.08. The van der Waals surface area contributed by atoms with E-state index in [0.717, 1.165) is 68.3 Å². The van der Waals surface area contributed by atoms with Gasteiger partial charge in [0.25, 0.3) is 0 Å². The molecule has 5 heterocycles. The number of likely N-dealkylation sites (tertiary alicyclic amines) is 2. The molecule has 3 aromatic carbocycles. The Bertz CT molecular complexity index is 2500. The highest BCUT2D eigenvalue weighted by Crippen LogP contribution is 2.44. The number of fused-ring (bicyclic) bond motifs is 6. The lowest BCUT2D eigenvalue weighted by atomic mass is 9.92. The van der Waals surface area contributed by atoms with Gasteiger partial charge in [0.15, 0.2) is 0 Å². The van der Waals surface area contributed by atoms with Crippen LogP contribution in [0.2, 0.25) is 0 Å². The molecule has 2 saturated heterocycles. The number of rotatable bonds is 10. The molecule has 0 spiro atoms. The number of alkyl carbamates (subject to hydrolysis) is 2. The van der Waals surface area contributed by atoms with Crippen molar-refractivity contribution in [3.05, 3.63) is 65.9 Å². The van der Waals surface area contributed by atoms with E-state index in [1.54, 1.807) is 18.0 Å². The van der Waals surface area contributed by atoms with Gasteiger partial charge >= 0.3 is 12.2 Å². The largest absolute Gasteiger partial charge is 0.488 e. The third kappa shape index (κ3) is 7.73. The topological polar surface area (TPSA) is 193 Å². The third-order valence-corrected chi connectivity index (χ3v) is 12.6. The number of nitrogens with one attached hydrogen (secondary N) is 4. The Morgan fingerprint density at radius 3 is 2.33 bits per heavy atom. The number of imidazole rings is 2. The number of H-pyrrole nitrogens is 2. The molecule has 3 aliphatic rings. The fraction of sp³-hybridized carbons (Fsp3) is 0.467. The Hall–Kier alpha value is -6.16. The lowest BCUT2D eigenvalue weighted by Gasteiger charge is -2.32. The molecule has 16 nitrogen and oxygen atoms in total. The quantitative estimate of drug-likeness (QED) is 0.117. The van der Waals surface area contributed by atoms with E-state index in [0.29, 0.717) is 31.2 Å². The molecule has 4 N–H and O–H groups in total. The Labute approximate surface area is 354 Å². The predicted octanol–water partition coefficient (Wildman–Crippen LogP) is 6.77. The normalized spacial score (nSPS) is 21.1. The van der Waals surface area contributed by atoms with E-state index in [9.17, 15) is 19.2 Å². The van der Waals surface area contributed by atoms with E-state index in [1.807, 2.05) is 31.7 Å². The van der Waals surface area contributed by atoms with Gasteiger partial charge < -0.3 is 49.3 Å². The van der Waals surface area contributed by atoms with Crippen LogP contribution in [0.15, 0.2) is 48.7 Å². The maximum atomic E-state index is 14.0. The Morgan fingerprint density at radius 2 is 1.61 bits per heavy atom. The SMILES string of the molecule is COC(=O)NC(C(=O)N1C[C@@H](C)CC1c1ncc(-c2ccc3c(c2)COc2cc4c(ccc5nc([C@@H]6CC[C@H](C)N6C(=O)[C@@H](NC(=O)OC)C(C)C)[nH]c54)cc2-3)[nH]1)C(C)OC. The molecule has 5 aromatic rings. The van der Waals surface area contributed by atoms with Crippen molar-refractivity contribution < 1.29 is 38.1 Å². The first kappa shape index (κ1) is 41.6. The van der Waals surface area contributed by atoms with Crippen molar-refractivity contribution >= 4 is 45.8 Å². The van der Waals surface area contributed by atoms with Crippen LogP contribution in [0.1, 0.15) is 83.2 Å². The van der Waals surface area contributed by atoms with Crippen molar-refractivity contribution in [3.8, 4) is 28.1 Å². The van der Waals surface area contributed by atoms with Gasteiger partial charge in [0, 0.05) is 30.6 Å². The molecular formula is C45H54N8O8. The van der Waals surface area contributed by atoms with E-state index >= 15 is 0 Å². The van der Waals surface area contributed by atoms with Gasteiger partial charge in [-0.15, -0.1) is 0 Å². The number of nitrogens with zero attached hydrogens (tertiary/aromatic N) is 4. The zero-order chi connectivity index (χ0) is 43.3. The van der Waals surface area contributed by atoms with Crippen LogP contribution in [0.3, 0.4) is 0 Å². The number of hydrogen-bond acceptors (Lipinski definition) is 10. The highest BCUT2D eigenvalue weighted by molar-refractivity contribution is 6.07. The number of carbonyl (C=O) groups excluding carboxylic acids is 4. The van der Waals surface area contributed by atoms with Crippen LogP contribution in [-0.4, -0.2) is 106 Å². The fourth-order valence-electron chi connectivity index (χ4n) is 9.20. The lowest BCUT2D eigenvalue weighted by molar-refractivity contribution is -0.138. The van der Waals surface area contributed by atoms with E-state index < -0.39 is 30.4 Å². The van der Waals surface area contributed by atoms with Gasteiger partial charge in [0.05, 0.1) is 55.3 Å². The number of methoxy groups -OCH3 is 3. The average molecular weight is 835 g/mol. The van der Waals surface area contributed by atoms with Gasteiger partial charge in [-0.1, -0.05) is 39.0 Å². The first-order valence-electron chi connectivity index (χ1n) is 20.9.